The van der Waals surface area contributed by atoms with Gasteiger partial charge in [0.15, 0.2) is 0 Å². The number of carboxylic acid groups (broad SMARTS) is 1. The summed E-state index contributed by atoms with van der Waals surface area (Å²) in [4.78, 5) is 34.8. The lowest BCUT2D eigenvalue weighted by Crippen LogP contribution is -2.38. The number of carbonyl (C=O) groups is 3. The number of aliphatic carboxylic acids is 1. The minimum atomic E-state index is -1.13. The number of amides is 2. The van der Waals surface area contributed by atoms with Crippen LogP contribution in [0, 0.1) is 6.92 Å². The molecule has 0 aliphatic heterocycles. The van der Waals surface area contributed by atoms with Gasteiger partial charge in [0.1, 0.15) is 6.54 Å². The number of carbonyl (C=O) groups excluding carboxylic acids is 2. The number of rotatable bonds is 6. The fourth-order valence-corrected chi connectivity index (χ4v) is 1.94. The second-order valence-corrected chi connectivity index (χ2v) is 4.99. The van der Waals surface area contributed by atoms with Gasteiger partial charge in [-0.2, -0.15) is 0 Å². The lowest BCUT2D eigenvalue weighted by atomic mass is 10.4. The Bertz CT molecular complexity index is 508. The number of thiophene rings is 1. The minimum Gasteiger partial charge on any atom is -0.480 e. The lowest BCUT2D eigenvalue weighted by Gasteiger charge is -2.02. The highest BCUT2D eigenvalue weighted by Crippen LogP contribution is 2.16. The monoisotopic (exact) mass is 282 g/mol. The first kappa shape index (κ1) is 14.9. The Morgan fingerprint density at radius 1 is 1.26 bits per heavy atom. The zero-order valence-corrected chi connectivity index (χ0v) is 11.1. The van der Waals surface area contributed by atoms with E-state index in [0.717, 1.165) is 9.75 Å². The Morgan fingerprint density at radius 2 is 2.00 bits per heavy atom. The molecule has 1 rings (SSSR count). The van der Waals surface area contributed by atoms with Crippen molar-refractivity contribution in [1.82, 2.24) is 10.6 Å². The van der Waals surface area contributed by atoms with Crippen LogP contribution in [0.4, 0.5) is 0 Å². The second-order valence-electron chi connectivity index (χ2n) is 3.67. The first-order valence-corrected chi connectivity index (χ1v) is 6.30. The van der Waals surface area contributed by atoms with Gasteiger partial charge in [-0.1, -0.05) is 0 Å². The summed E-state index contributed by atoms with van der Waals surface area (Å²) < 4.78 is 0. The first-order valence-electron chi connectivity index (χ1n) is 5.48. The molecule has 3 N–H and O–H groups in total. The molecule has 6 nitrogen and oxygen atoms in total. The third-order valence-corrected chi connectivity index (χ3v) is 2.99. The predicted octanol–water partition coefficient (Wildman–Crippen LogP) is 0.387. The zero-order chi connectivity index (χ0) is 14.3. The molecule has 0 saturated carbocycles. The standard InChI is InChI=1S/C12H14N2O4S/c1-8-2-3-9(19-8)4-5-10(15)13-6-11(16)14-7-12(17)18/h2-5H,6-7H2,1H3,(H,13,15)(H,14,16)(H,17,18)/b5-4+. The topological polar surface area (TPSA) is 95.5 Å². The van der Waals surface area contributed by atoms with Gasteiger partial charge in [0.05, 0.1) is 6.54 Å². The van der Waals surface area contributed by atoms with E-state index in [1.807, 2.05) is 19.1 Å². The van der Waals surface area contributed by atoms with Crippen LogP contribution in [-0.2, 0) is 14.4 Å². The molecule has 0 atom stereocenters. The largest absolute Gasteiger partial charge is 0.480 e. The molecule has 0 unspecified atom stereocenters. The average molecular weight is 282 g/mol. The van der Waals surface area contributed by atoms with Crippen molar-refractivity contribution in [1.29, 1.82) is 0 Å². The van der Waals surface area contributed by atoms with Gasteiger partial charge in [0, 0.05) is 15.8 Å². The molecule has 7 heteroatoms. The van der Waals surface area contributed by atoms with Crippen molar-refractivity contribution in [3.63, 3.8) is 0 Å². The molecule has 0 saturated heterocycles. The van der Waals surface area contributed by atoms with Crippen LogP contribution in [0.1, 0.15) is 9.75 Å². The summed E-state index contributed by atoms with van der Waals surface area (Å²) in [6.07, 6.45) is 2.98. The van der Waals surface area contributed by atoms with Gasteiger partial charge in [-0.3, -0.25) is 14.4 Å². The van der Waals surface area contributed by atoms with Crippen LogP contribution in [0.25, 0.3) is 6.08 Å². The van der Waals surface area contributed by atoms with E-state index in [9.17, 15) is 14.4 Å². The third-order valence-electron chi connectivity index (χ3n) is 2.02. The Labute approximate surface area is 114 Å². The fourth-order valence-electron chi connectivity index (χ4n) is 1.16. The molecule has 0 aromatic carbocycles. The van der Waals surface area contributed by atoms with Gasteiger partial charge in [-0.05, 0) is 25.1 Å². The average Bonchev–Trinajstić information content (AvgIpc) is 2.77. The maximum absolute atomic E-state index is 11.4. The van der Waals surface area contributed by atoms with Crippen molar-refractivity contribution in [2.45, 2.75) is 6.92 Å². The summed E-state index contributed by atoms with van der Waals surface area (Å²) in [6, 6.07) is 3.84. The van der Waals surface area contributed by atoms with E-state index in [4.69, 9.17) is 5.11 Å². The number of hydrogen-bond donors (Lipinski definition) is 3. The summed E-state index contributed by atoms with van der Waals surface area (Å²) in [7, 11) is 0. The molecule has 102 valence electrons. The highest BCUT2D eigenvalue weighted by Gasteiger charge is 2.04. The lowest BCUT2D eigenvalue weighted by molar-refractivity contribution is -0.137. The van der Waals surface area contributed by atoms with Crippen molar-refractivity contribution >= 4 is 35.2 Å². The third kappa shape index (κ3) is 6.37. The van der Waals surface area contributed by atoms with Crippen LogP contribution < -0.4 is 10.6 Å². The van der Waals surface area contributed by atoms with Gasteiger partial charge >= 0.3 is 5.97 Å². The van der Waals surface area contributed by atoms with Gasteiger partial charge < -0.3 is 15.7 Å². The molecule has 0 radical (unpaired) electrons. The predicted molar refractivity (Wildman–Crippen MR) is 71.7 cm³/mol. The van der Waals surface area contributed by atoms with Gasteiger partial charge in [-0.15, -0.1) is 11.3 Å². The summed E-state index contributed by atoms with van der Waals surface area (Å²) in [6.45, 7) is 1.26. The molecule has 1 heterocycles. The van der Waals surface area contributed by atoms with E-state index < -0.39 is 24.3 Å². The summed E-state index contributed by atoms with van der Waals surface area (Å²) in [5.41, 5.74) is 0. The van der Waals surface area contributed by atoms with Gasteiger partial charge in [-0.25, -0.2) is 0 Å². The van der Waals surface area contributed by atoms with E-state index in [0.29, 0.717) is 0 Å². The van der Waals surface area contributed by atoms with E-state index >= 15 is 0 Å². The maximum atomic E-state index is 11.4. The molecule has 0 aliphatic carbocycles. The quantitative estimate of drug-likeness (QED) is 0.658. The van der Waals surface area contributed by atoms with E-state index in [1.165, 1.54) is 6.08 Å². The molecule has 0 aliphatic rings. The summed E-state index contributed by atoms with van der Waals surface area (Å²) in [5, 5.41) is 12.8. The molecule has 1 aromatic heterocycles. The molecule has 2 amide bonds. The van der Waals surface area contributed by atoms with Crippen LogP contribution >= 0.6 is 11.3 Å². The summed E-state index contributed by atoms with van der Waals surface area (Å²) >= 11 is 1.55. The van der Waals surface area contributed by atoms with Crippen molar-refractivity contribution in [2.24, 2.45) is 0 Å². The van der Waals surface area contributed by atoms with E-state index in [-0.39, 0.29) is 6.54 Å². The fraction of sp³-hybridized carbons (Fsp3) is 0.250. The molecule has 1 aromatic rings. The van der Waals surface area contributed by atoms with Crippen molar-refractivity contribution in [3.8, 4) is 0 Å². The Hall–Kier alpha value is -2.15. The maximum Gasteiger partial charge on any atom is 0.322 e. The molecule has 0 spiro atoms. The smallest absolute Gasteiger partial charge is 0.322 e. The molecule has 0 bridgehead atoms. The Kier molecular flexibility index (Phi) is 5.74. The number of aryl methyl sites for hydroxylation is 1. The van der Waals surface area contributed by atoms with E-state index in [1.54, 1.807) is 17.4 Å². The van der Waals surface area contributed by atoms with Crippen LogP contribution in [0.5, 0.6) is 0 Å². The second kappa shape index (κ2) is 7.32. The highest BCUT2D eigenvalue weighted by atomic mass is 32.1. The number of hydrogen-bond acceptors (Lipinski definition) is 4. The van der Waals surface area contributed by atoms with Gasteiger partial charge in [0.25, 0.3) is 0 Å². The first-order chi connectivity index (χ1) is 8.97. The van der Waals surface area contributed by atoms with Crippen molar-refractivity contribution < 1.29 is 19.5 Å². The minimum absolute atomic E-state index is 0.250. The van der Waals surface area contributed by atoms with Gasteiger partial charge in [0.2, 0.25) is 11.8 Å². The van der Waals surface area contributed by atoms with Crippen LogP contribution in [0.2, 0.25) is 0 Å². The molecule has 19 heavy (non-hydrogen) atoms. The number of carboxylic acids is 1. The summed E-state index contributed by atoms with van der Waals surface area (Å²) in [5.74, 6) is -2.08. The molecule has 0 fully saturated rings. The van der Waals surface area contributed by atoms with Crippen LogP contribution in [0.15, 0.2) is 18.2 Å². The van der Waals surface area contributed by atoms with Crippen molar-refractivity contribution in [3.05, 3.63) is 28.0 Å². The Balaban J connectivity index is 2.29. The normalized spacial score (nSPS) is 10.4. The SMILES string of the molecule is Cc1ccc(/C=C/C(=O)NCC(=O)NCC(=O)O)s1. The number of nitrogens with one attached hydrogen (secondary N) is 2. The zero-order valence-electron chi connectivity index (χ0n) is 10.3. The highest BCUT2D eigenvalue weighted by molar-refractivity contribution is 7.12. The molecular formula is C12H14N2O4S. The van der Waals surface area contributed by atoms with Crippen LogP contribution in [0.3, 0.4) is 0 Å². The van der Waals surface area contributed by atoms with Crippen molar-refractivity contribution in [2.75, 3.05) is 13.1 Å². The Morgan fingerprint density at radius 3 is 2.58 bits per heavy atom. The van der Waals surface area contributed by atoms with Crippen LogP contribution in [-0.4, -0.2) is 36.0 Å². The molecular weight excluding hydrogens is 268 g/mol. The van der Waals surface area contributed by atoms with E-state index in [2.05, 4.69) is 10.6 Å².